The minimum atomic E-state index is -1.08. The lowest BCUT2D eigenvalue weighted by Gasteiger charge is -1.88. The summed E-state index contributed by atoms with van der Waals surface area (Å²) in [6.07, 6.45) is 2.46. The summed E-state index contributed by atoms with van der Waals surface area (Å²) in [5.74, 6) is -2.57. The van der Waals surface area contributed by atoms with Crippen molar-refractivity contribution < 1.29 is 24.6 Å². The highest BCUT2D eigenvalue weighted by atomic mass is 16.4. The van der Waals surface area contributed by atoms with Gasteiger partial charge in [-0.3, -0.25) is 19.4 Å². The summed E-state index contributed by atoms with van der Waals surface area (Å²) in [6.45, 7) is 0. The van der Waals surface area contributed by atoms with Crippen molar-refractivity contribution in [2.24, 2.45) is 5.73 Å². The largest absolute Gasteiger partial charge is 0.481 e. The molecular formula is C10H12N2O5. The SMILES string of the molecule is NC(=O)c1ccncc1.O=C(O)CCC(=O)O. The van der Waals surface area contributed by atoms with Crippen LogP contribution in [0.25, 0.3) is 0 Å². The van der Waals surface area contributed by atoms with Gasteiger partial charge in [0.05, 0.1) is 12.8 Å². The monoisotopic (exact) mass is 240 g/mol. The smallest absolute Gasteiger partial charge is 0.303 e. The molecule has 17 heavy (non-hydrogen) atoms. The number of carbonyl (C=O) groups excluding carboxylic acids is 1. The highest BCUT2D eigenvalue weighted by Crippen LogP contribution is 1.91. The molecule has 1 rings (SSSR count). The lowest BCUT2D eigenvalue weighted by molar-refractivity contribution is -0.143. The Morgan fingerprint density at radius 1 is 1.06 bits per heavy atom. The van der Waals surface area contributed by atoms with Crippen molar-refractivity contribution in [1.82, 2.24) is 4.98 Å². The van der Waals surface area contributed by atoms with Crippen LogP contribution in [0.1, 0.15) is 23.2 Å². The molecule has 0 aliphatic heterocycles. The first-order chi connectivity index (χ1) is 7.93. The van der Waals surface area contributed by atoms with E-state index >= 15 is 0 Å². The van der Waals surface area contributed by atoms with Crippen LogP contribution >= 0.6 is 0 Å². The van der Waals surface area contributed by atoms with Crippen molar-refractivity contribution in [3.8, 4) is 0 Å². The van der Waals surface area contributed by atoms with Gasteiger partial charge in [-0.2, -0.15) is 0 Å². The predicted octanol–water partition coefficient (Wildman–Crippen LogP) is 0.116. The van der Waals surface area contributed by atoms with Gasteiger partial charge >= 0.3 is 11.9 Å². The Kier molecular flexibility index (Phi) is 6.68. The highest BCUT2D eigenvalue weighted by molar-refractivity contribution is 5.92. The molecule has 0 radical (unpaired) electrons. The molecule has 1 aromatic rings. The van der Waals surface area contributed by atoms with Crippen molar-refractivity contribution >= 4 is 17.8 Å². The van der Waals surface area contributed by atoms with Crippen LogP contribution in [0, 0.1) is 0 Å². The summed E-state index contributed by atoms with van der Waals surface area (Å²) in [7, 11) is 0. The van der Waals surface area contributed by atoms with Gasteiger partial charge in [-0.05, 0) is 12.1 Å². The van der Waals surface area contributed by atoms with Gasteiger partial charge in [0, 0.05) is 18.0 Å². The Morgan fingerprint density at radius 3 is 1.71 bits per heavy atom. The molecular weight excluding hydrogens is 228 g/mol. The number of carboxylic acids is 2. The highest BCUT2D eigenvalue weighted by Gasteiger charge is 2.00. The van der Waals surface area contributed by atoms with Crippen LogP contribution in [-0.2, 0) is 9.59 Å². The number of aromatic nitrogens is 1. The first kappa shape index (κ1) is 14.6. The van der Waals surface area contributed by atoms with Crippen molar-refractivity contribution in [3.05, 3.63) is 30.1 Å². The maximum Gasteiger partial charge on any atom is 0.303 e. The molecule has 1 amide bonds. The van der Waals surface area contributed by atoms with Crippen molar-refractivity contribution in [2.45, 2.75) is 12.8 Å². The number of carbonyl (C=O) groups is 3. The number of rotatable bonds is 4. The van der Waals surface area contributed by atoms with E-state index in [-0.39, 0.29) is 12.8 Å². The number of pyridine rings is 1. The van der Waals surface area contributed by atoms with Gasteiger partial charge in [-0.25, -0.2) is 0 Å². The van der Waals surface area contributed by atoms with Crippen molar-refractivity contribution in [3.63, 3.8) is 0 Å². The molecule has 0 aromatic carbocycles. The summed E-state index contributed by atoms with van der Waals surface area (Å²) in [5, 5.41) is 15.8. The van der Waals surface area contributed by atoms with Gasteiger partial charge in [0.25, 0.3) is 0 Å². The van der Waals surface area contributed by atoms with E-state index in [0.717, 1.165) is 0 Å². The Bertz CT molecular complexity index is 377. The third-order valence-electron chi connectivity index (χ3n) is 1.52. The van der Waals surface area contributed by atoms with E-state index in [0.29, 0.717) is 5.56 Å². The second kappa shape index (κ2) is 7.80. The van der Waals surface area contributed by atoms with Gasteiger partial charge in [0.1, 0.15) is 0 Å². The van der Waals surface area contributed by atoms with Crippen molar-refractivity contribution in [1.29, 1.82) is 0 Å². The molecule has 1 heterocycles. The second-order valence-corrected chi connectivity index (χ2v) is 2.89. The molecule has 0 unspecified atom stereocenters. The minimum absolute atomic E-state index is 0.296. The maximum absolute atomic E-state index is 10.4. The number of hydrogen-bond donors (Lipinski definition) is 3. The molecule has 92 valence electrons. The number of hydrogen-bond acceptors (Lipinski definition) is 4. The number of primary amides is 1. The lowest BCUT2D eigenvalue weighted by atomic mass is 10.3. The fraction of sp³-hybridized carbons (Fsp3) is 0.200. The number of carboxylic acid groups (broad SMARTS) is 2. The van der Waals surface area contributed by atoms with Gasteiger partial charge in [-0.1, -0.05) is 0 Å². The zero-order valence-electron chi connectivity index (χ0n) is 8.87. The molecule has 0 fully saturated rings. The Labute approximate surface area is 96.9 Å². The van der Waals surface area contributed by atoms with Crippen molar-refractivity contribution in [2.75, 3.05) is 0 Å². The second-order valence-electron chi connectivity index (χ2n) is 2.89. The molecule has 0 saturated carbocycles. The summed E-state index contributed by atoms with van der Waals surface area (Å²) in [4.78, 5) is 33.4. The lowest BCUT2D eigenvalue weighted by Crippen LogP contribution is -2.10. The fourth-order valence-corrected chi connectivity index (χ4v) is 0.730. The zero-order chi connectivity index (χ0) is 13.3. The maximum atomic E-state index is 10.4. The Hall–Kier alpha value is -2.44. The first-order valence-corrected chi connectivity index (χ1v) is 4.57. The van der Waals surface area contributed by atoms with Gasteiger partial charge in [0.2, 0.25) is 5.91 Å². The van der Waals surface area contributed by atoms with Gasteiger partial charge in [-0.15, -0.1) is 0 Å². The van der Waals surface area contributed by atoms with Crippen LogP contribution in [0.4, 0.5) is 0 Å². The topological polar surface area (TPSA) is 131 Å². The Balaban J connectivity index is 0.000000304. The van der Waals surface area contributed by atoms with Gasteiger partial charge < -0.3 is 15.9 Å². The van der Waals surface area contributed by atoms with E-state index in [2.05, 4.69) is 4.98 Å². The third kappa shape index (κ3) is 8.55. The summed E-state index contributed by atoms with van der Waals surface area (Å²) >= 11 is 0. The van der Waals surface area contributed by atoms with Crippen LogP contribution in [0.15, 0.2) is 24.5 Å². The quantitative estimate of drug-likeness (QED) is 0.684. The van der Waals surface area contributed by atoms with E-state index < -0.39 is 17.8 Å². The molecule has 0 aliphatic rings. The molecule has 7 nitrogen and oxygen atoms in total. The van der Waals surface area contributed by atoms with Crippen LogP contribution < -0.4 is 5.73 Å². The summed E-state index contributed by atoms with van der Waals surface area (Å²) in [5.41, 5.74) is 5.44. The van der Waals surface area contributed by atoms with Crippen LogP contribution in [0.2, 0.25) is 0 Å². The molecule has 7 heteroatoms. The van der Waals surface area contributed by atoms with E-state index in [1.807, 2.05) is 0 Å². The molecule has 1 aromatic heterocycles. The van der Waals surface area contributed by atoms with E-state index in [1.54, 1.807) is 12.1 Å². The fourth-order valence-electron chi connectivity index (χ4n) is 0.730. The molecule has 0 atom stereocenters. The zero-order valence-corrected chi connectivity index (χ0v) is 8.87. The van der Waals surface area contributed by atoms with E-state index in [1.165, 1.54) is 12.4 Å². The van der Waals surface area contributed by atoms with E-state index in [9.17, 15) is 14.4 Å². The number of nitrogens with two attached hydrogens (primary N) is 1. The predicted molar refractivity (Wildman–Crippen MR) is 57.3 cm³/mol. The molecule has 0 spiro atoms. The summed E-state index contributed by atoms with van der Waals surface area (Å²) in [6, 6.07) is 3.14. The van der Waals surface area contributed by atoms with Crippen LogP contribution in [-0.4, -0.2) is 33.0 Å². The summed E-state index contributed by atoms with van der Waals surface area (Å²) < 4.78 is 0. The molecule has 4 N–H and O–H groups in total. The molecule has 0 saturated heterocycles. The van der Waals surface area contributed by atoms with E-state index in [4.69, 9.17) is 15.9 Å². The van der Waals surface area contributed by atoms with Crippen LogP contribution in [0.3, 0.4) is 0 Å². The first-order valence-electron chi connectivity index (χ1n) is 4.57. The normalized spacial score (nSPS) is 8.71. The van der Waals surface area contributed by atoms with Crippen LogP contribution in [0.5, 0.6) is 0 Å². The minimum Gasteiger partial charge on any atom is -0.481 e. The molecule has 0 bridgehead atoms. The third-order valence-corrected chi connectivity index (χ3v) is 1.52. The number of aliphatic carboxylic acids is 2. The number of nitrogens with zero attached hydrogens (tertiary/aromatic N) is 1. The number of amides is 1. The molecule has 0 aliphatic carbocycles. The average Bonchev–Trinajstić information content (AvgIpc) is 2.28. The average molecular weight is 240 g/mol. The standard InChI is InChI=1S/C6H6N2O.C4H6O4/c7-6(9)5-1-3-8-4-2-5;5-3(6)1-2-4(7)8/h1-4H,(H2,7,9);1-2H2,(H,5,6)(H,7,8). The van der Waals surface area contributed by atoms with Gasteiger partial charge in [0.15, 0.2) is 0 Å². The Morgan fingerprint density at radius 2 is 1.47 bits per heavy atom.